The Hall–Kier alpha value is -2.73. The molecule has 0 aliphatic rings. The summed E-state index contributed by atoms with van der Waals surface area (Å²) < 4.78 is 12.5. The van der Waals surface area contributed by atoms with Crippen molar-refractivity contribution in [3.63, 3.8) is 0 Å². The van der Waals surface area contributed by atoms with E-state index in [2.05, 4.69) is 5.18 Å². The molecule has 0 unspecified atom stereocenters. The van der Waals surface area contributed by atoms with E-state index in [9.17, 15) is 10.0 Å². The summed E-state index contributed by atoms with van der Waals surface area (Å²) in [7, 11) is 1.57. The molecular weight excluding hydrogens is 344 g/mol. The first kappa shape index (κ1) is 17.1. The van der Waals surface area contributed by atoms with E-state index in [4.69, 9.17) is 21.1 Å². The third-order valence-corrected chi connectivity index (χ3v) is 4.17. The molecule has 0 aliphatic carbocycles. The van der Waals surface area contributed by atoms with Crippen LogP contribution in [0.2, 0.25) is 5.02 Å². The van der Waals surface area contributed by atoms with Crippen LogP contribution in [-0.2, 0) is 6.54 Å². The molecule has 1 N–H and O–H groups in total. The van der Waals surface area contributed by atoms with E-state index < -0.39 is 0 Å². The number of halogens is 1. The van der Waals surface area contributed by atoms with E-state index in [1.54, 1.807) is 29.9 Å². The third kappa shape index (κ3) is 3.13. The number of hydrogen-bond donors (Lipinski definition) is 1. The average molecular weight is 361 g/mol. The monoisotopic (exact) mass is 360 g/mol. The second-order valence-corrected chi connectivity index (χ2v) is 5.87. The van der Waals surface area contributed by atoms with Gasteiger partial charge in [-0.05, 0) is 48.0 Å². The average Bonchev–Trinajstić information content (AvgIpc) is 2.87. The molecule has 0 bridgehead atoms. The molecule has 0 spiro atoms. The fourth-order valence-electron chi connectivity index (χ4n) is 2.81. The van der Waals surface area contributed by atoms with E-state index in [1.165, 1.54) is 0 Å². The Morgan fingerprint density at radius 1 is 1.20 bits per heavy atom. The summed E-state index contributed by atoms with van der Waals surface area (Å²) in [4.78, 5) is 11.1. The first-order valence-electron chi connectivity index (χ1n) is 7.72. The number of benzene rings is 2. The zero-order valence-electron chi connectivity index (χ0n) is 13.8. The van der Waals surface area contributed by atoms with Gasteiger partial charge in [0.15, 0.2) is 17.2 Å². The maximum atomic E-state index is 11.1. The van der Waals surface area contributed by atoms with Gasteiger partial charge in [-0.15, -0.1) is 4.91 Å². The second kappa shape index (κ2) is 7.03. The van der Waals surface area contributed by atoms with Gasteiger partial charge in [0.05, 0.1) is 25.8 Å². The van der Waals surface area contributed by atoms with Gasteiger partial charge in [-0.25, -0.2) is 0 Å². The Morgan fingerprint density at radius 3 is 2.68 bits per heavy atom. The predicted molar refractivity (Wildman–Crippen MR) is 97.3 cm³/mol. The molecule has 0 saturated carbocycles. The Bertz CT molecular complexity index is 936. The first-order valence-corrected chi connectivity index (χ1v) is 8.10. The standard InChI is InChI=1S/C18H17ClN2O4/c1-3-25-15-7-4-11(8-16(15)24-2)10-21-14-9-12(19)5-6-13(14)17(20-23)18(21)22/h4-9,22H,3,10H2,1-2H3. The number of aromatic hydroxyl groups is 1. The zero-order chi connectivity index (χ0) is 18.0. The van der Waals surface area contributed by atoms with Gasteiger partial charge in [0.1, 0.15) is 0 Å². The third-order valence-electron chi connectivity index (χ3n) is 3.93. The SMILES string of the molecule is CCOc1ccc(Cn2c(O)c(N=O)c3ccc(Cl)cc32)cc1OC. The minimum atomic E-state index is -0.194. The first-order chi connectivity index (χ1) is 12.1. The summed E-state index contributed by atoms with van der Waals surface area (Å²) in [6, 6.07) is 10.5. The molecule has 1 heterocycles. The van der Waals surface area contributed by atoms with Crippen LogP contribution < -0.4 is 9.47 Å². The van der Waals surface area contributed by atoms with Gasteiger partial charge in [-0.2, -0.15) is 0 Å². The van der Waals surface area contributed by atoms with Crippen LogP contribution in [0.4, 0.5) is 5.69 Å². The van der Waals surface area contributed by atoms with Crippen molar-refractivity contribution in [2.24, 2.45) is 5.18 Å². The molecule has 0 amide bonds. The van der Waals surface area contributed by atoms with E-state index in [0.717, 1.165) is 5.56 Å². The minimum absolute atomic E-state index is 0.00423. The van der Waals surface area contributed by atoms with Gasteiger partial charge >= 0.3 is 0 Å². The summed E-state index contributed by atoms with van der Waals surface area (Å²) in [5.74, 6) is 1.05. The Labute approximate surface area is 149 Å². The molecule has 130 valence electrons. The number of hydrogen-bond acceptors (Lipinski definition) is 5. The topological polar surface area (TPSA) is 73.0 Å². The molecule has 0 atom stereocenters. The summed E-state index contributed by atoms with van der Waals surface area (Å²) in [5.41, 5.74) is 1.50. The number of aromatic nitrogens is 1. The molecule has 0 aliphatic heterocycles. The zero-order valence-corrected chi connectivity index (χ0v) is 14.6. The van der Waals surface area contributed by atoms with E-state index in [0.29, 0.717) is 40.6 Å². The highest BCUT2D eigenvalue weighted by Gasteiger charge is 2.18. The van der Waals surface area contributed by atoms with Crippen LogP contribution in [0.15, 0.2) is 41.6 Å². The lowest BCUT2D eigenvalue weighted by Crippen LogP contribution is -2.01. The van der Waals surface area contributed by atoms with E-state index in [1.807, 2.05) is 25.1 Å². The van der Waals surface area contributed by atoms with Crippen LogP contribution in [-0.4, -0.2) is 23.4 Å². The number of fused-ring (bicyclic) bond motifs is 1. The van der Waals surface area contributed by atoms with Gasteiger partial charge in [0, 0.05) is 10.4 Å². The van der Waals surface area contributed by atoms with Crippen molar-refractivity contribution in [3.8, 4) is 17.4 Å². The fourth-order valence-corrected chi connectivity index (χ4v) is 2.97. The maximum Gasteiger partial charge on any atom is 0.222 e. The molecular formula is C18H17ClN2O4. The Kier molecular flexibility index (Phi) is 4.81. The normalized spacial score (nSPS) is 10.8. The van der Waals surface area contributed by atoms with E-state index in [-0.39, 0.29) is 11.6 Å². The summed E-state index contributed by atoms with van der Waals surface area (Å²) >= 11 is 6.06. The molecule has 0 fully saturated rings. The molecule has 25 heavy (non-hydrogen) atoms. The predicted octanol–water partition coefficient (Wildman–Crippen LogP) is 4.85. The van der Waals surface area contributed by atoms with Crippen molar-refractivity contribution in [1.82, 2.24) is 4.57 Å². The molecule has 6 nitrogen and oxygen atoms in total. The molecule has 1 aromatic heterocycles. The van der Waals surface area contributed by atoms with Crippen molar-refractivity contribution in [2.75, 3.05) is 13.7 Å². The summed E-state index contributed by atoms with van der Waals surface area (Å²) in [5, 5.41) is 14.4. The molecule has 0 radical (unpaired) electrons. The fraction of sp³-hybridized carbons (Fsp3) is 0.222. The van der Waals surface area contributed by atoms with Crippen molar-refractivity contribution < 1.29 is 14.6 Å². The number of methoxy groups -OCH3 is 1. The lowest BCUT2D eigenvalue weighted by atomic mass is 10.2. The van der Waals surface area contributed by atoms with Crippen LogP contribution >= 0.6 is 11.6 Å². The second-order valence-electron chi connectivity index (χ2n) is 5.43. The largest absolute Gasteiger partial charge is 0.493 e. The molecule has 3 rings (SSSR count). The summed E-state index contributed by atoms with van der Waals surface area (Å²) in [6.07, 6.45) is 0. The van der Waals surface area contributed by atoms with Crippen molar-refractivity contribution >= 4 is 28.2 Å². The van der Waals surface area contributed by atoms with E-state index >= 15 is 0 Å². The lowest BCUT2D eigenvalue weighted by Gasteiger charge is -2.12. The quantitative estimate of drug-likeness (QED) is 0.637. The van der Waals surface area contributed by atoms with Gasteiger partial charge in [-0.3, -0.25) is 0 Å². The lowest BCUT2D eigenvalue weighted by molar-refractivity contribution is 0.310. The van der Waals surface area contributed by atoms with Crippen LogP contribution in [0.5, 0.6) is 17.4 Å². The highest BCUT2D eigenvalue weighted by atomic mass is 35.5. The number of nitrogens with zero attached hydrogens (tertiary/aromatic N) is 2. The van der Waals surface area contributed by atoms with Gasteiger partial charge in [0.2, 0.25) is 5.88 Å². The molecule has 7 heteroatoms. The van der Waals surface area contributed by atoms with Crippen molar-refractivity contribution in [1.29, 1.82) is 0 Å². The molecule has 3 aromatic rings. The van der Waals surface area contributed by atoms with Crippen molar-refractivity contribution in [3.05, 3.63) is 51.9 Å². The van der Waals surface area contributed by atoms with Crippen LogP contribution in [0, 0.1) is 4.91 Å². The number of rotatable bonds is 6. The summed E-state index contributed by atoms with van der Waals surface area (Å²) in [6.45, 7) is 2.75. The highest BCUT2D eigenvalue weighted by molar-refractivity contribution is 6.31. The van der Waals surface area contributed by atoms with Gasteiger partial charge in [-0.1, -0.05) is 17.7 Å². The smallest absolute Gasteiger partial charge is 0.222 e. The molecule has 2 aromatic carbocycles. The van der Waals surface area contributed by atoms with Crippen molar-refractivity contribution in [2.45, 2.75) is 13.5 Å². The number of ether oxygens (including phenoxy) is 2. The Morgan fingerprint density at radius 2 is 2.00 bits per heavy atom. The maximum absolute atomic E-state index is 11.1. The van der Waals surface area contributed by atoms with Crippen LogP contribution in [0.1, 0.15) is 12.5 Å². The van der Waals surface area contributed by atoms with Crippen LogP contribution in [0.25, 0.3) is 10.9 Å². The van der Waals surface area contributed by atoms with Gasteiger partial charge in [0.25, 0.3) is 0 Å². The van der Waals surface area contributed by atoms with Crippen LogP contribution in [0.3, 0.4) is 0 Å². The Balaban J connectivity index is 2.07. The number of nitroso groups, excluding NO2 is 1. The molecule has 0 saturated heterocycles. The minimum Gasteiger partial charge on any atom is -0.493 e. The van der Waals surface area contributed by atoms with Gasteiger partial charge < -0.3 is 19.1 Å². The highest BCUT2D eigenvalue weighted by Crippen LogP contribution is 2.40.